The Hall–Kier alpha value is -2.66. The maximum absolute atomic E-state index is 5.80. The van der Waals surface area contributed by atoms with Gasteiger partial charge in [-0.1, -0.05) is 25.1 Å². The number of hydrogen-bond acceptors (Lipinski definition) is 2. The quantitative estimate of drug-likeness (QED) is 0.592. The van der Waals surface area contributed by atoms with Crippen molar-refractivity contribution in [2.24, 2.45) is 0 Å². The van der Waals surface area contributed by atoms with Gasteiger partial charge in [0.15, 0.2) is 5.11 Å². The SMILES string of the molecule is CCc1ccc(N2C(=S)N[C@@H](c3ccccn3)[C@@H]2c2ccn(C(C)(C)C)c2)cc1. The average Bonchev–Trinajstić information content (AvgIpc) is 3.33. The topological polar surface area (TPSA) is 33.1 Å². The van der Waals surface area contributed by atoms with Gasteiger partial charge < -0.3 is 14.8 Å². The average molecular weight is 405 g/mol. The van der Waals surface area contributed by atoms with Crippen LogP contribution in [0.3, 0.4) is 0 Å². The maximum Gasteiger partial charge on any atom is 0.174 e. The minimum Gasteiger partial charge on any atom is -0.351 e. The largest absolute Gasteiger partial charge is 0.351 e. The van der Waals surface area contributed by atoms with Crippen molar-refractivity contribution in [2.45, 2.75) is 51.7 Å². The van der Waals surface area contributed by atoms with Gasteiger partial charge in [-0.2, -0.15) is 0 Å². The molecule has 1 saturated heterocycles. The van der Waals surface area contributed by atoms with Crippen LogP contribution in [0.25, 0.3) is 0 Å². The summed E-state index contributed by atoms with van der Waals surface area (Å²) >= 11 is 5.80. The van der Waals surface area contributed by atoms with Gasteiger partial charge in [-0.15, -0.1) is 0 Å². The molecule has 3 heterocycles. The third-order valence-corrected chi connectivity index (χ3v) is 5.87. The van der Waals surface area contributed by atoms with Gasteiger partial charge in [-0.3, -0.25) is 4.98 Å². The van der Waals surface area contributed by atoms with E-state index in [0.717, 1.165) is 22.9 Å². The summed E-state index contributed by atoms with van der Waals surface area (Å²) in [5.74, 6) is 0. The first-order valence-electron chi connectivity index (χ1n) is 10.2. The van der Waals surface area contributed by atoms with Gasteiger partial charge in [0.25, 0.3) is 0 Å². The Morgan fingerprint density at radius 3 is 2.41 bits per heavy atom. The summed E-state index contributed by atoms with van der Waals surface area (Å²) in [5.41, 5.74) is 4.67. The molecule has 1 fully saturated rings. The zero-order valence-electron chi connectivity index (χ0n) is 17.5. The van der Waals surface area contributed by atoms with Crippen molar-refractivity contribution < 1.29 is 0 Å². The van der Waals surface area contributed by atoms with Crippen molar-refractivity contribution in [1.29, 1.82) is 0 Å². The van der Waals surface area contributed by atoms with Gasteiger partial charge in [0.05, 0.1) is 17.8 Å². The third kappa shape index (κ3) is 3.79. The Morgan fingerprint density at radius 1 is 1.07 bits per heavy atom. The molecule has 4 nitrogen and oxygen atoms in total. The lowest BCUT2D eigenvalue weighted by molar-refractivity contribution is 0.397. The molecule has 1 N–H and O–H groups in total. The number of aromatic nitrogens is 2. The highest BCUT2D eigenvalue weighted by Crippen LogP contribution is 2.41. The number of rotatable bonds is 4. The molecular formula is C24H28N4S. The first kappa shape index (κ1) is 19.6. The highest BCUT2D eigenvalue weighted by atomic mass is 32.1. The van der Waals surface area contributed by atoms with Gasteiger partial charge >= 0.3 is 0 Å². The predicted molar refractivity (Wildman–Crippen MR) is 123 cm³/mol. The van der Waals surface area contributed by atoms with E-state index in [4.69, 9.17) is 12.2 Å². The minimum absolute atomic E-state index is 0.00892. The molecule has 0 radical (unpaired) electrons. The van der Waals surface area contributed by atoms with Crippen molar-refractivity contribution >= 4 is 23.0 Å². The number of hydrogen-bond donors (Lipinski definition) is 1. The van der Waals surface area contributed by atoms with Crippen molar-refractivity contribution in [3.05, 3.63) is 83.9 Å². The van der Waals surface area contributed by atoms with E-state index in [1.54, 1.807) is 0 Å². The second kappa shape index (κ2) is 7.64. The number of benzene rings is 1. The number of aryl methyl sites for hydroxylation is 1. The van der Waals surface area contributed by atoms with Crippen LogP contribution in [0.2, 0.25) is 0 Å². The van der Waals surface area contributed by atoms with E-state index in [-0.39, 0.29) is 17.6 Å². The molecule has 1 aromatic carbocycles. The van der Waals surface area contributed by atoms with Crippen molar-refractivity contribution in [2.75, 3.05) is 4.90 Å². The van der Waals surface area contributed by atoms with Gasteiger partial charge in [-0.25, -0.2) is 0 Å². The molecule has 4 rings (SSSR count). The van der Waals surface area contributed by atoms with E-state index in [2.05, 4.69) is 96.3 Å². The molecular weight excluding hydrogens is 376 g/mol. The van der Waals surface area contributed by atoms with Gasteiger partial charge in [0, 0.05) is 29.8 Å². The van der Waals surface area contributed by atoms with Gasteiger partial charge in [-0.05, 0) is 80.9 Å². The molecule has 1 aliphatic rings. The smallest absolute Gasteiger partial charge is 0.174 e. The van der Waals surface area contributed by atoms with E-state index >= 15 is 0 Å². The molecule has 29 heavy (non-hydrogen) atoms. The Kier molecular flexibility index (Phi) is 5.17. The van der Waals surface area contributed by atoms with Crippen LogP contribution in [0.5, 0.6) is 0 Å². The van der Waals surface area contributed by atoms with Gasteiger partial charge in [0.2, 0.25) is 0 Å². The molecule has 0 aliphatic carbocycles. The summed E-state index contributed by atoms with van der Waals surface area (Å²) in [6, 6.07) is 17.0. The highest BCUT2D eigenvalue weighted by Gasteiger charge is 2.41. The zero-order chi connectivity index (χ0) is 20.6. The van der Waals surface area contributed by atoms with Crippen LogP contribution < -0.4 is 10.2 Å². The number of nitrogens with zero attached hydrogens (tertiary/aromatic N) is 3. The Labute approximate surface area is 178 Å². The molecule has 3 aromatic rings. The van der Waals surface area contributed by atoms with Crippen LogP contribution in [0.15, 0.2) is 67.1 Å². The molecule has 150 valence electrons. The van der Waals surface area contributed by atoms with E-state index < -0.39 is 0 Å². The van der Waals surface area contributed by atoms with Crippen LogP contribution in [0.4, 0.5) is 5.69 Å². The summed E-state index contributed by atoms with van der Waals surface area (Å²) in [6.45, 7) is 8.82. The van der Waals surface area contributed by atoms with Crippen LogP contribution in [0, 0.1) is 0 Å². The second-order valence-corrected chi connectivity index (χ2v) is 8.93. The third-order valence-electron chi connectivity index (χ3n) is 5.55. The number of thiocarbonyl (C=S) groups is 1. The maximum atomic E-state index is 5.80. The number of pyridine rings is 1. The Balaban J connectivity index is 1.80. The van der Waals surface area contributed by atoms with E-state index in [1.807, 2.05) is 18.3 Å². The standard InChI is InChI=1S/C24H28N4S/c1-5-17-9-11-19(12-10-17)28-22(18-13-15-27(16-18)24(2,3)4)21(26-23(28)29)20-8-6-7-14-25-20/h6-16,21-22H,5H2,1-4H3,(H,26,29)/t21-,22-/m0/s1. The zero-order valence-corrected chi connectivity index (χ0v) is 18.3. The van der Waals surface area contributed by atoms with Crippen LogP contribution in [0.1, 0.15) is 56.6 Å². The van der Waals surface area contributed by atoms with Crippen molar-refractivity contribution in [1.82, 2.24) is 14.9 Å². The van der Waals surface area contributed by atoms with E-state index in [1.165, 1.54) is 11.1 Å². The second-order valence-electron chi connectivity index (χ2n) is 8.54. The van der Waals surface area contributed by atoms with Crippen LogP contribution in [-0.4, -0.2) is 14.7 Å². The fourth-order valence-corrected chi connectivity index (χ4v) is 4.22. The van der Waals surface area contributed by atoms with Crippen LogP contribution in [-0.2, 0) is 12.0 Å². The first-order valence-corrected chi connectivity index (χ1v) is 10.6. The summed E-state index contributed by atoms with van der Waals surface area (Å²) < 4.78 is 2.26. The normalized spacial score (nSPS) is 19.4. The van der Waals surface area contributed by atoms with Crippen LogP contribution >= 0.6 is 12.2 Å². The lowest BCUT2D eigenvalue weighted by Crippen LogP contribution is -2.29. The summed E-state index contributed by atoms with van der Waals surface area (Å²) in [4.78, 5) is 6.86. The summed E-state index contributed by atoms with van der Waals surface area (Å²) in [5, 5.41) is 4.26. The Bertz CT molecular complexity index is 986. The summed E-state index contributed by atoms with van der Waals surface area (Å²) in [6.07, 6.45) is 7.27. The predicted octanol–water partition coefficient (Wildman–Crippen LogP) is 5.38. The van der Waals surface area contributed by atoms with E-state index in [9.17, 15) is 0 Å². The lowest BCUT2D eigenvalue weighted by atomic mass is 9.98. The molecule has 0 saturated carbocycles. The lowest BCUT2D eigenvalue weighted by Gasteiger charge is -2.28. The molecule has 0 amide bonds. The highest BCUT2D eigenvalue weighted by molar-refractivity contribution is 7.80. The first-order chi connectivity index (χ1) is 13.9. The molecule has 2 atom stereocenters. The van der Waals surface area contributed by atoms with Crippen molar-refractivity contribution in [3.8, 4) is 0 Å². The number of nitrogens with one attached hydrogen (secondary N) is 1. The molecule has 0 spiro atoms. The van der Waals surface area contributed by atoms with Crippen molar-refractivity contribution in [3.63, 3.8) is 0 Å². The van der Waals surface area contributed by atoms with Gasteiger partial charge in [0.1, 0.15) is 0 Å². The minimum atomic E-state index is -0.00892. The fraction of sp³-hybridized carbons (Fsp3) is 0.333. The fourth-order valence-electron chi connectivity index (χ4n) is 3.87. The Morgan fingerprint density at radius 2 is 1.83 bits per heavy atom. The summed E-state index contributed by atoms with van der Waals surface area (Å²) in [7, 11) is 0. The molecule has 0 bridgehead atoms. The van der Waals surface area contributed by atoms with E-state index in [0.29, 0.717) is 0 Å². The monoisotopic (exact) mass is 404 g/mol. The molecule has 2 aromatic heterocycles. The molecule has 0 unspecified atom stereocenters. The number of anilines is 1. The molecule has 5 heteroatoms. The molecule has 1 aliphatic heterocycles.